The van der Waals surface area contributed by atoms with E-state index in [1.807, 2.05) is 12.1 Å². The molecule has 1 aromatic heterocycles. The Kier molecular flexibility index (Phi) is 2.95. The van der Waals surface area contributed by atoms with E-state index in [4.69, 9.17) is 0 Å². The first-order valence-electron chi connectivity index (χ1n) is 5.76. The molecule has 1 aromatic rings. The van der Waals surface area contributed by atoms with Crippen molar-refractivity contribution in [1.82, 2.24) is 4.98 Å². The summed E-state index contributed by atoms with van der Waals surface area (Å²) in [5, 5.41) is 0. The van der Waals surface area contributed by atoms with Crippen LogP contribution in [0.3, 0.4) is 0 Å². The maximum absolute atomic E-state index is 11.1. The molecule has 3 nitrogen and oxygen atoms in total. The van der Waals surface area contributed by atoms with E-state index in [1.165, 1.54) is 6.42 Å². The van der Waals surface area contributed by atoms with Gasteiger partial charge in [0.1, 0.15) is 5.82 Å². The van der Waals surface area contributed by atoms with Gasteiger partial charge >= 0.3 is 0 Å². The lowest BCUT2D eigenvalue weighted by Gasteiger charge is -2.17. The van der Waals surface area contributed by atoms with Crippen LogP contribution in [0.25, 0.3) is 0 Å². The van der Waals surface area contributed by atoms with Crippen molar-refractivity contribution in [3.05, 3.63) is 23.9 Å². The number of nitrogens with zero attached hydrogens (tertiary/aromatic N) is 2. The van der Waals surface area contributed by atoms with Gasteiger partial charge in [0.2, 0.25) is 0 Å². The minimum absolute atomic E-state index is 0.0671. The van der Waals surface area contributed by atoms with Gasteiger partial charge < -0.3 is 4.90 Å². The number of hydrogen-bond donors (Lipinski definition) is 0. The number of rotatable bonds is 4. The van der Waals surface area contributed by atoms with E-state index in [9.17, 15) is 4.79 Å². The first-order chi connectivity index (χ1) is 7.58. The van der Waals surface area contributed by atoms with Gasteiger partial charge in [-0.3, -0.25) is 4.79 Å². The van der Waals surface area contributed by atoms with Gasteiger partial charge in [-0.25, -0.2) is 4.98 Å². The van der Waals surface area contributed by atoms with Crippen LogP contribution in [0, 0.1) is 11.8 Å². The van der Waals surface area contributed by atoms with E-state index in [-0.39, 0.29) is 5.78 Å². The van der Waals surface area contributed by atoms with Gasteiger partial charge in [0.15, 0.2) is 5.78 Å². The van der Waals surface area contributed by atoms with E-state index in [2.05, 4.69) is 23.9 Å². The van der Waals surface area contributed by atoms with E-state index in [0.29, 0.717) is 5.56 Å². The molecular weight excluding hydrogens is 200 g/mol. The van der Waals surface area contributed by atoms with Crippen LogP contribution in [0.2, 0.25) is 0 Å². The second kappa shape index (κ2) is 4.24. The summed E-state index contributed by atoms with van der Waals surface area (Å²) in [6.07, 6.45) is 2.99. The van der Waals surface area contributed by atoms with Crippen molar-refractivity contribution in [1.29, 1.82) is 0 Å². The molecule has 2 atom stereocenters. The van der Waals surface area contributed by atoms with Gasteiger partial charge in [-0.1, -0.05) is 6.92 Å². The Hall–Kier alpha value is -1.38. The number of Topliss-reactive ketones (excluding diaryl/α,β-unsaturated/α-hetero) is 1. The second-order valence-corrected chi connectivity index (χ2v) is 4.81. The van der Waals surface area contributed by atoms with Crippen LogP contribution >= 0.6 is 0 Å². The summed E-state index contributed by atoms with van der Waals surface area (Å²) in [4.78, 5) is 17.6. The molecule has 2 unspecified atom stereocenters. The Morgan fingerprint density at radius 1 is 1.56 bits per heavy atom. The van der Waals surface area contributed by atoms with E-state index in [1.54, 1.807) is 13.1 Å². The Morgan fingerprint density at radius 2 is 2.25 bits per heavy atom. The number of aromatic nitrogens is 1. The lowest BCUT2D eigenvalue weighted by Crippen LogP contribution is -2.21. The summed E-state index contributed by atoms with van der Waals surface area (Å²) in [7, 11) is 2.06. The van der Waals surface area contributed by atoms with Crippen LogP contribution in [0.4, 0.5) is 5.82 Å². The molecule has 3 heteroatoms. The minimum Gasteiger partial charge on any atom is -0.359 e. The van der Waals surface area contributed by atoms with Crippen LogP contribution < -0.4 is 4.90 Å². The van der Waals surface area contributed by atoms with Crippen molar-refractivity contribution in [3.63, 3.8) is 0 Å². The van der Waals surface area contributed by atoms with Crippen LogP contribution in [-0.4, -0.2) is 24.4 Å². The fraction of sp³-hybridized carbons (Fsp3) is 0.538. The fourth-order valence-corrected chi connectivity index (χ4v) is 1.92. The Morgan fingerprint density at radius 3 is 2.69 bits per heavy atom. The van der Waals surface area contributed by atoms with Gasteiger partial charge in [0.05, 0.1) is 0 Å². The van der Waals surface area contributed by atoms with Gasteiger partial charge in [-0.05, 0) is 37.3 Å². The molecule has 0 amide bonds. The lowest BCUT2D eigenvalue weighted by atomic mass is 10.2. The summed E-state index contributed by atoms with van der Waals surface area (Å²) >= 11 is 0. The molecule has 0 saturated heterocycles. The number of carbonyl (C=O) groups excluding carboxylic acids is 1. The summed E-state index contributed by atoms with van der Waals surface area (Å²) in [6, 6.07) is 3.77. The zero-order valence-electron chi connectivity index (χ0n) is 10.1. The van der Waals surface area contributed by atoms with Gasteiger partial charge in [-0.15, -0.1) is 0 Å². The number of ketones is 1. The molecule has 0 N–H and O–H groups in total. The minimum atomic E-state index is 0.0671. The molecule has 16 heavy (non-hydrogen) atoms. The van der Waals surface area contributed by atoms with E-state index in [0.717, 1.165) is 24.2 Å². The highest BCUT2D eigenvalue weighted by Gasteiger charge is 2.33. The third kappa shape index (κ3) is 2.40. The highest BCUT2D eigenvalue weighted by molar-refractivity contribution is 5.93. The van der Waals surface area contributed by atoms with Crippen LogP contribution in [0.1, 0.15) is 30.6 Å². The van der Waals surface area contributed by atoms with E-state index < -0.39 is 0 Å². The predicted molar refractivity (Wildman–Crippen MR) is 64.8 cm³/mol. The lowest BCUT2D eigenvalue weighted by molar-refractivity contribution is 0.101. The van der Waals surface area contributed by atoms with Crippen LogP contribution in [0.15, 0.2) is 18.3 Å². The first kappa shape index (κ1) is 11.1. The normalized spacial score (nSPS) is 22.9. The standard InChI is InChI=1S/C13H18N2O/c1-9-6-12(9)8-15(3)13-5-4-11(7-14-13)10(2)16/h4-5,7,9,12H,6,8H2,1-3H3. The SMILES string of the molecule is CC(=O)c1ccc(N(C)CC2CC2C)nc1. The zero-order valence-corrected chi connectivity index (χ0v) is 10.1. The molecule has 1 heterocycles. The van der Waals surface area contributed by atoms with Crippen molar-refractivity contribution in [2.75, 3.05) is 18.5 Å². The summed E-state index contributed by atoms with van der Waals surface area (Å²) in [5.74, 6) is 2.69. The Bertz CT molecular complexity index is 385. The average Bonchev–Trinajstić information content (AvgIpc) is 2.94. The van der Waals surface area contributed by atoms with Crippen molar-refractivity contribution in [3.8, 4) is 0 Å². The molecule has 0 aliphatic heterocycles. The summed E-state index contributed by atoms with van der Waals surface area (Å²) in [5.41, 5.74) is 0.678. The zero-order chi connectivity index (χ0) is 11.7. The highest BCUT2D eigenvalue weighted by atomic mass is 16.1. The maximum Gasteiger partial charge on any atom is 0.161 e. The Balaban J connectivity index is 2.00. The van der Waals surface area contributed by atoms with Gasteiger partial charge in [0.25, 0.3) is 0 Å². The van der Waals surface area contributed by atoms with Crippen LogP contribution in [-0.2, 0) is 0 Å². The topological polar surface area (TPSA) is 33.2 Å². The molecule has 1 aliphatic rings. The third-order valence-electron chi connectivity index (χ3n) is 3.33. The average molecular weight is 218 g/mol. The van der Waals surface area contributed by atoms with Gasteiger partial charge in [0, 0.05) is 25.4 Å². The predicted octanol–water partition coefficient (Wildman–Crippen LogP) is 2.38. The van der Waals surface area contributed by atoms with Crippen molar-refractivity contribution < 1.29 is 4.79 Å². The monoisotopic (exact) mass is 218 g/mol. The quantitative estimate of drug-likeness (QED) is 0.727. The molecule has 2 rings (SSSR count). The maximum atomic E-state index is 11.1. The van der Waals surface area contributed by atoms with Crippen molar-refractivity contribution >= 4 is 11.6 Å². The fourth-order valence-electron chi connectivity index (χ4n) is 1.92. The van der Waals surface area contributed by atoms with Crippen LogP contribution in [0.5, 0.6) is 0 Å². The van der Waals surface area contributed by atoms with Gasteiger partial charge in [-0.2, -0.15) is 0 Å². The second-order valence-electron chi connectivity index (χ2n) is 4.81. The summed E-state index contributed by atoms with van der Waals surface area (Å²) in [6.45, 7) is 4.91. The number of anilines is 1. The highest BCUT2D eigenvalue weighted by Crippen LogP contribution is 2.38. The molecule has 0 radical (unpaired) electrons. The first-order valence-corrected chi connectivity index (χ1v) is 5.76. The van der Waals surface area contributed by atoms with Crippen molar-refractivity contribution in [2.45, 2.75) is 20.3 Å². The molecule has 0 bridgehead atoms. The molecule has 1 fully saturated rings. The number of hydrogen-bond acceptors (Lipinski definition) is 3. The van der Waals surface area contributed by atoms with E-state index >= 15 is 0 Å². The Labute approximate surface area is 96.5 Å². The molecule has 1 saturated carbocycles. The number of carbonyl (C=O) groups is 1. The molecular formula is C13H18N2O. The molecule has 1 aliphatic carbocycles. The molecule has 0 spiro atoms. The smallest absolute Gasteiger partial charge is 0.161 e. The molecule has 86 valence electrons. The molecule has 0 aromatic carbocycles. The summed E-state index contributed by atoms with van der Waals surface area (Å²) < 4.78 is 0. The third-order valence-corrected chi connectivity index (χ3v) is 3.33. The number of pyridine rings is 1. The van der Waals surface area contributed by atoms with Crippen molar-refractivity contribution in [2.24, 2.45) is 11.8 Å². The largest absolute Gasteiger partial charge is 0.359 e.